The van der Waals surface area contributed by atoms with Crippen molar-refractivity contribution in [2.45, 2.75) is 26.7 Å². The number of hydrogen-bond donors (Lipinski definition) is 2. The Morgan fingerprint density at radius 2 is 1.32 bits per heavy atom. The number of carbonyl (C=O) groups is 2. The summed E-state index contributed by atoms with van der Waals surface area (Å²) in [5.41, 5.74) is 0. The monoisotopic (exact) mass is 312 g/mol. The Hall–Kier alpha value is -1.40. The molecule has 1 rings (SSSR count). The molecule has 0 saturated heterocycles. The standard InChI is InChI=1S/C16H28N2O4/c1-3-17(4-2)15(21)13-7-5-6-8-14(13)16(22)18(9-11-19)10-12-20/h5-6,13-14,19-20H,3-4,7-12H2,1-2H3. The molecule has 0 radical (unpaired) electrons. The fourth-order valence-electron chi connectivity index (χ4n) is 2.94. The molecule has 0 spiro atoms. The molecule has 0 aromatic rings. The van der Waals surface area contributed by atoms with E-state index in [4.69, 9.17) is 10.2 Å². The largest absolute Gasteiger partial charge is 0.395 e. The van der Waals surface area contributed by atoms with Crippen molar-refractivity contribution in [2.75, 3.05) is 39.4 Å². The second-order valence-electron chi connectivity index (χ2n) is 5.44. The third-order valence-electron chi connectivity index (χ3n) is 4.19. The maximum atomic E-state index is 12.7. The fraction of sp³-hybridized carbons (Fsp3) is 0.750. The van der Waals surface area contributed by atoms with Gasteiger partial charge in [0.2, 0.25) is 11.8 Å². The van der Waals surface area contributed by atoms with Crippen LogP contribution in [0.4, 0.5) is 0 Å². The van der Waals surface area contributed by atoms with Crippen LogP contribution >= 0.6 is 0 Å². The Labute approximate surface area is 132 Å². The van der Waals surface area contributed by atoms with Crippen molar-refractivity contribution >= 4 is 11.8 Å². The zero-order chi connectivity index (χ0) is 16.5. The van der Waals surface area contributed by atoms with Gasteiger partial charge in [-0.05, 0) is 26.7 Å². The third-order valence-corrected chi connectivity index (χ3v) is 4.19. The van der Waals surface area contributed by atoms with Gasteiger partial charge < -0.3 is 20.0 Å². The number of aliphatic hydroxyl groups is 2. The highest BCUT2D eigenvalue weighted by atomic mass is 16.3. The third kappa shape index (κ3) is 4.55. The number of hydrogen-bond acceptors (Lipinski definition) is 4. The highest BCUT2D eigenvalue weighted by Gasteiger charge is 2.37. The Morgan fingerprint density at radius 1 is 0.909 bits per heavy atom. The molecular weight excluding hydrogens is 284 g/mol. The van der Waals surface area contributed by atoms with Crippen molar-refractivity contribution in [3.05, 3.63) is 12.2 Å². The first-order chi connectivity index (χ1) is 10.6. The first-order valence-corrected chi connectivity index (χ1v) is 8.04. The zero-order valence-electron chi connectivity index (χ0n) is 13.6. The van der Waals surface area contributed by atoms with Gasteiger partial charge in [-0.3, -0.25) is 9.59 Å². The maximum Gasteiger partial charge on any atom is 0.226 e. The number of rotatable bonds is 8. The number of allylic oxidation sites excluding steroid dienone is 2. The molecule has 126 valence electrons. The minimum absolute atomic E-state index is 0.0145. The van der Waals surface area contributed by atoms with Crippen molar-refractivity contribution in [1.29, 1.82) is 0 Å². The quantitative estimate of drug-likeness (QED) is 0.630. The molecule has 1 aliphatic rings. The second kappa shape index (κ2) is 9.58. The van der Waals surface area contributed by atoms with Crippen molar-refractivity contribution in [3.8, 4) is 0 Å². The lowest BCUT2D eigenvalue weighted by Gasteiger charge is -2.34. The lowest BCUT2D eigenvalue weighted by molar-refractivity contribution is -0.147. The number of carbonyl (C=O) groups excluding carboxylic acids is 2. The first kappa shape index (κ1) is 18.6. The van der Waals surface area contributed by atoms with Gasteiger partial charge in [0.05, 0.1) is 25.0 Å². The predicted molar refractivity (Wildman–Crippen MR) is 84.0 cm³/mol. The van der Waals surface area contributed by atoms with Gasteiger partial charge in [-0.25, -0.2) is 0 Å². The van der Waals surface area contributed by atoms with Crippen LogP contribution in [0.3, 0.4) is 0 Å². The normalized spacial score (nSPS) is 20.7. The van der Waals surface area contributed by atoms with Gasteiger partial charge in [-0.15, -0.1) is 0 Å². The number of amides is 2. The predicted octanol–water partition coefficient (Wildman–Crippen LogP) is 0.250. The van der Waals surface area contributed by atoms with Crippen LogP contribution in [0.5, 0.6) is 0 Å². The van der Waals surface area contributed by atoms with E-state index in [0.29, 0.717) is 25.9 Å². The molecule has 2 amide bonds. The molecule has 6 heteroatoms. The molecular formula is C16H28N2O4. The SMILES string of the molecule is CCN(CC)C(=O)C1CC=CCC1C(=O)N(CCO)CCO. The van der Waals surface area contributed by atoms with Gasteiger partial charge in [0.25, 0.3) is 0 Å². The summed E-state index contributed by atoms with van der Waals surface area (Å²) in [6.07, 6.45) is 4.99. The molecule has 0 heterocycles. The first-order valence-electron chi connectivity index (χ1n) is 8.04. The molecule has 0 fully saturated rings. The fourth-order valence-corrected chi connectivity index (χ4v) is 2.94. The molecule has 2 atom stereocenters. The van der Waals surface area contributed by atoms with E-state index in [0.717, 1.165) is 0 Å². The highest BCUT2D eigenvalue weighted by Crippen LogP contribution is 2.29. The molecule has 2 unspecified atom stereocenters. The van der Waals surface area contributed by atoms with E-state index < -0.39 is 5.92 Å². The average molecular weight is 312 g/mol. The maximum absolute atomic E-state index is 12.7. The summed E-state index contributed by atoms with van der Waals surface area (Å²) < 4.78 is 0. The van der Waals surface area contributed by atoms with Crippen LogP contribution < -0.4 is 0 Å². The minimum Gasteiger partial charge on any atom is -0.395 e. The van der Waals surface area contributed by atoms with Crippen LogP contribution in [0.25, 0.3) is 0 Å². The van der Waals surface area contributed by atoms with E-state index in [1.807, 2.05) is 26.0 Å². The van der Waals surface area contributed by atoms with E-state index in [1.165, 1.54) is 4.90 Å². The van der Waals surface area contributed by atoms with E-state index in [2.05, 4.69) is 0 Å². The van der Waals surface area contributed by atoms with Gasteiger partial charge in [-0.1, -0.05) is 12.2 Å². The smallest absolute Gasteiger partial charge is 0.226 e. The van der Waals surface area contributed by atoms with E-state index in [9.17, 15) is 9.59 Å². The van der Waals surface area contributed by atoms with Crippen LogP contribution in [0.15, 0.2) is 12.2 Å². The summed E-state index contributed by atoms with van der Waals surface area (Å²) in [5, 5.41) is 18.2. The Balaban J connectivity index is 2.90. The second-order valence-corrected chi connectivity index (χ2v) is 5.44. The van der Waals surface area contributed by atoms with Gasteiger partial charge in [-0.2, -0.15) is 0 Å². The van der Waals surface area contributed by atoms with Crippen LogP contribution in [0.2, 0.25) is 0 Å². The minimum atomic E-state index is -0.406. The Kier molecular flexibility index (Phi) is 8.12. The molecule has 22 heavy (non-hydrogen) atoms. The molecule has 2 N–H and O–H groups in total. The Bertz CT molecular complexity index is 388. The van der Waals surface area contributed by atoms with Crippen LogP contribution in [-0.4, -0.2) is 71.2 Å². The van der Waals surface area contributed by atoms with Crippen molar-refractivity contribution in [2.24, 2.45) is 11.8 Å². The molecule has 0 aromatic carbocycles. The van der Waals surface area contributed by atoms with E-state index >= 15 is 0 Å². The van der Waals surface area contributed by atoms with E-state index in [-0.39, 0.29) is 44.0 Å². The van der Waals surface area contributed by atoms with Crippen LogP contribution in [0, 0.1) is 11.8 Å². The summed E-state index contributed by atoms with van der Waals surface area (Å²) in [4.78, 5) is 28.5. The molecule has 1 aliphatic carbocycles. The van der Waals surface area contributed by atoms with Gasteiger partial charge in [0.1, 0.15) is 0 Å². The van der Waals surface area contributed by atoms with Crippen molar-refractivity contribution in [3.63, 3.8) is 0 Å². The summed E-state index contributed by atoms with van der Waals surface area (Å²) in [6.45, 7) is 5.20. The average Bonchev–Trinajstić information content (AvgIpc) is 2.55. The van der Waals surface area contributed by atoms with Crippen molar-refractivity contribution < 1.29 is 19.8 Å². The molecule has 0 aliphatic heterocycles. The molecule has 0 bridgehead atoms. The lowest BCUT2D eigenvalue weighted by Crippen LogP contribution is -2.47. The summed E-state index contributed by atoms with van der Waals surface area (Å²) in [5.74, 6) is -0.896. The van der Waals surface area contributed by atoms with Crippen LogP contribution in [0.1, 0.15) is 26.7 Å². The summed E-state index contributed by atoms with van der Waals surface area (Å²) >= 11 is 0. The van der Waals surface area contributed by atoms with Gasteiger partial charge >= 0.3 is 0 Å². The lowest BCUT2D eigenvalue weighted by atomic mass is 9.81. The van der Waals surface area contributed by atoms with Crippen LogP contribution in [-0.2, 0) is 9.59 Å². The van der Waals surface area contributed by atoms with Gasteiger partial charge in [0, 0.05) is 26.2 Å². The highest BCUT2D eigenvalue weighted by molar-refractivity contribution is 5.88. The summed E-state index contributed by atoms with van der Waals surface area (Å²) in [7, 11) is 0. The number of aliphatic hydroxyl groups excluding tert-OH is 2. The summed E-state index contributed by atoms with van der Waals surface area (Å²) in [6, 6.07) is 0. The topological polar surface area (TPSA) is 81.1 Å². The zero-order valence-corrected chi connectivity index (χ0v) is 13.6. The number of nitrogens with zero attached hydrogens (tertiary/aromatic N) is 2. The molecule has 0 aromatic heterocycles. The molecule has 6 nitrogen and oxygen atoms in total. The Morgan fingerprint density at radius 3 is 1.68 bits per heavy atom. The molecule has 0 saturated carbocycles. The van der Waals surface area contributed by atoms with Crippen molar-refractivity contribution in [1.82, 2.24) is 9.80 Å². The van der Waals surface area contributed by atoms with E-state index in [1.54, 1.807) is 4.90 Å². The van der Waals surface area contributed by atoms with Gasteiger partial charge in [0.15, 0.2) is 0 Å².